The summed E-state index contributed by atoms with van der Waals surface area (Å²) in [7, 11) is 0. The lowest BCUT2D eigenvalue weighted by Gasteiger charge is -2.38. The van der Waals surface area contributed by atoms with Crippen molar-refractivity contribution in [3.05, 3.63) is 137 Å². The Hall–Kier alpha value is -3.83. The summed E-state index contributed by atoms with van der Waals surface area (Å²) in [6, 6.07) is 18.1. The lowest BCUT2D eigenvalue weighted by atomic mass is 9.66. The third kappa shape index (κ3) is 8.09. The van der Waals surface area contributed by atoms with Crippen LogP contribution in [0, 0.1) is 0 Å². The molecule has 2 aromatic rings. The Morgan fingerprint density at radius 2 is 1.70 bits per heavy atom. The molecule has 208 valence electrons. The van der Waals surface area contributed by atoms with Crippen LogP contribution < -0.4 is 11.5 Å². The second kappa shape index (κ2) is 15.1. The third-order valence-corrected chi connectivity index (χ3v) is 8.59. The number of amides is 2. The molecular weight excluding hydrogens is 512 g/mol. The maximum absolute atomic E-state index is 12.2. The van der Waals surface area contributed by atoms with E-state index in [9.17, 15) is 9.59 Å². The van der Waals surface area contributed by atoms with Crippen LogP contribution in [0.1, 0.15) is 66.9 Å². The van der Waals surface area contributed by atoms with Crippen LogP contribution in [-0.4, -0.2) is 17.6 Å². The van der Waals surface area contributed by atoms with E-state index in [0.29, 0.717) is 23.0 Å². The summed E-state index contributed by atoms with van der Waals surface area (Å²) < 4.78 is 0. The van der Waals surface area contributed by atoms with Crippen LogP contribution >= 0.6 is 11.8 Å². The van der Waals surface area contributed by atoms with E-state index in [1.54, 1.807) is 30.0 Å². The molecule has 40 heavy (non-hydrogen) atoms. The van der Waals surface area contributed by atoms with Crippen molar-refractivity contribution in [1.82, 2.24) is 0 Å². The molecule has 4 N–H and O–H groups in total. The molecule has 1 heterocycles. The van der Waals surface area contributed by atoms with Gasteiger partial charge in [0.1, 0.15) is 0 Å². The lowest BCUT2D eigenvalue weighted by Crippen LogP contribution is -2.29. The molecular formula is C35H40N2O2S. The molecule has 1 saturated carbocycles. The Bertz CT molecular complexity index is 1340. The first-order valence-electron chi connectivity index (χ1n) is 13.7. The molecule has 1 aliphatic heterocycles. The maximum Gasteiger partial charge on any atom is 0.248 e. The van der Waals surface area contributed by atoms with Crippen molar-refractivity contribution in [2.45, 2.75) is 50.9 Å². The summed E-state index contributed by atoms with van der Waals surface area (Å²) in [4.78, 5) is 24.6. The van der Waals surface area contributed by atoms with Crippen molar-refractivity contribution < 1.29 is 9.59 Å². The number of benzene rings is 2. The Morgan fingerprint density at radius 1 is 0.950 bits per heavy atom. The fourth-order valence-electron chi connectivity index (χ4n) is 4.96. The number of carbonyl (C=O) groups is 2. The van der Waals surface area contributed by atoms with Crippen LogP contribution in [0.4, 0.5) is 0 Å². The summed E-state index contributed by atoms with van der Waals surface area (Å²) in [5.41, 5.74) is 17.2. The Kier molecular flexibility index (Phi) is 11.6. The summed E-state index contributed by atoms with van der Waals surface area (Å²) >= 11 is 1.64. The van der Waals surface area contributed by atoms with Crippen LogP contribution in [0.15, 0.2) is 120 Å². The number of carbonyl (C=O) groups excluding carboxylic acids is 2. The summed E-state index contributed by atoms with van der Waals surface area (Å²) in [5.74, 6) is -0.117. The Morgan fingerprint density at radius 3 is 2.30 bits per heavy atom. The molecule has 0 aromatic heterocycles. The molecule has 0 radical (unpaired) electrons. The molecule has 2 amide bonds. The van der Waals surface area contributed by atoms with E-state index in [0.717, 1.165) is 40.2 Å². The highest BCUT2D eigenvalue weighted by Gasteiger charge is 2.32. The fraction of sp³-hybridized carbons (Fsp3) is 0.257. The van der Waals surface area contributed by atoms with Gasteiger partial charge in [0.05, 0.1) is 0 Å². The summed E-state index contributed by atoms with van der Waals surface area (Å²) in [6.45, 7) is 8.37. The number of primary amides is 2. The van der Waals surface area contributed by atoms with E-state index >= 15 is 0 Å². The van der Waals surface area contributed by atoms with Gasteiger partial charge in [-0.05, 0) is 71.9 Å². The molecule has 0 saturated heterocycles. The zero-order chi connectivity index (χ0) is 29.0. The van der Waals surface area contributed by atoms with Crippen molar-refractivity contribution in [3.63, 3.8) is 0 Å². The van der Waals surface area contributed by atoms with Crippen molar-refractivity contribution in [2.75, 3.05) is 5.75 Å². The average Bonchev–Trinajstić information content (AvgIpc) is 3.09. The predicted octanol–water partition coefficient (Wildman–Crippen LogP) is 7.81. The van der Waals surface area contributed by atoms with E-state index < -0.39 is 11.8 Å². The molecule has 0 atom stereocenters. The minimum Gasteiger partial charge on any atom is -0.366 e. The largest absolute Gasteiger partial charge is 0.366 e. The first kappa shape index (κ1) is 30.7. The molecule has 2 aliphatic carbocycles. The van der Waals surface area contributed by atoms with Crippen molar-refractivity contribution in [1.29, 1.82) is 0 Å². The topological polar surface area (TPSA) is 86.2 Å². The highest BCUT2D eigenvalue weighted by atomic mass is 32.2. The number of hydrogen-bond donors (Lipinski definition) is 2. The lowest BCUT2D eigenvalue weighted by molar-refractivity contribution is -0.114. The van der Waals surface area contributed by atoms with E-state index in [1.165, 1.54) is 24.8 Å². The van der Waals surface area contributed by atoms with Crippen LogP contribution in [0.5, 0.6) is 0 Å². The van der Waals surface area contributed by atoms with E-state index in [-0.39, 0.29) is 0 Å². The zero-order valence-corrected chi connectivity index (χ0v) is 24.2. The minimum absolute atomic E-state index is 0.392. The number of allylic oxidation sites excluding steroid dienone is 7. The number of nitrogens with two attached hydrogens (primary N) is 2. The molecule has 2 aromatic carbocycles. The zero-order valence-electron chi connectivity index (χ0n) is 23.4. The fourth-order valence-corrected chi connectivity index (χ4v) is 6.03. The smallest absolute Gasteiger partial charge is 0.248 e. The van der Waals surface area contributed by atoms with Crippen molar-refractivity contribution in [2.24, 2.45) is 11.5 Å². The van der Waals surface area contributed by atoms with Gasteiger partial charge in [0.15, 0.2) is 0 Å². The van der Waals surface area contributed by atoms with Crippen LogP contribution in [0.3, 0.4) is 0 Å². The molecule has 0 spiro atoms. The predicted molar refractivity (Wildman–Crippen MR) is 171 cm³/mol. The molecule has 0 unspecified atom stereocenters. The highest BCUT2D eigenvalue weighted by molar-refractivity contribution is 8.03. The standard InChI is InChI=1S/C22H22N2O2S.C11H14.C2H4/c23-21(25)18-9-4-8-17(14-18)15-10-5-13-27-20(16-6-2-1-3-7-16)19(12-11-15)22(24)26;1-11(8-5-9-11)10-6-3-2-4-7-10;1-2/h1-2,4-6,8-11,14H,3,7,12-13H2,(H2,23,25)(H2,24,26);2-4,6-7H,5,8-9H2,1H3;1-2H2/b10-5-,15-11+,20-19+;;. The molecule has 3 aliphatic rings. The van der Waals surface area contributed by atoms with E-state index in [4.69, 9.17) is 11.5 Å². The Balaban J connectivity index is 0.000000280. The first-order chi connectivity index (χ1) is 19.4. The van der Waals surface area contributed by atoms with Gasteiger partial charge >= 0.3 is 0 Å². The number of rotatable bonds is 5. The highest BCUT2D eigenvalue weighted by Crippen LogP contribution is 2.42. The number of thioether (sulfide) groups is 1. The van der Waals surface area contributed by atoms with Gasteiger partial charge in [-0.1, -0.05) is 92.3 Å². The first-order valence-corrected chi connectivity index (χ1v) is 14.7. The van der Waals surface area contributed by atoms with Gasteiger partial charge in [-0.2, -0.15) is 0 Å². The van der Waals surface area contributed by atoms with Crippen molar-refractivity contribution >= 4 is 29.1 Å². The second-order valence-corrected chi connectivity index (χ2v) is 11.2. The van der Waals surface area contributed by atoms with E-state index in [2.05, 4.69) is 68.6 Å². The van der Waals surface area contributed by atoms with Gasteiger partial charge < -0.3 is 11.5 Å². The van der Waals surface area contributed by atoms with Crippen LogP contribution in [0.2, 0.25) is 0 Å². The Labute approximate surface area is 243 Å². The quantitative estimate of drug-likeness (QED) is 0.371. The van der Waals surface area contributed by atoms with Gasteiger partial charge in [-0.15, -0.1) is 24.9 Å². The summed E-state index contributed by atoms with van der Waals surface area (Å²) in [5, 5.41) is 0. The van der Waals surface area contributed by atoms with E-state index in [1.807, 2.05) is 24.3 Å². The van der Waals surface area contributed by atoms with Gasteiger partial charge in [0, 0.05) is 21.8 Å². The van der Waals surface area contributed by atoms with Gasteiger partial charge in [-0.3, -0.25) is 9.59 Å². The average molecular weight is 553 g/mol. The molecule has 0 bridgehead atoms. The molecule has 1 fully saturated rings. The van der Waals surface area contributed by atoms with Gasteiger partial charge in [-0.25, -0.2) is 0 Å². The SMILES string of the molecule is C=C.CC1(c2ccccc2)CCC1.NC(=O)/C1=C(\C2=CC=CCC2)SC/C=C\C(c2cccc(C(N)=O)c2)=C/C1. The van der Waals surface area contributed by atoms with Gasteiger partial charge in [0.2, 0.25) is 11.8 Å². The summed E-state index contributed by atoms with van der Waals surface area (Å²) in [6.07, 6.45) is 18.8. The third-order valence-electron chi connectivity index (χ3n) is 7.43. The minimum atomic E-state index is -0.461. The maximum atomic E-state index is 12.2. The molecule has 4 nitrogen and oxygen atoms in total. The number of hydrogen-bond acceptors (Lipinski definition) is 3. The monoisotopic (exact) mass is 552 g/mol. The second-order valence-electron chi connectivity index (χ2n) is 10.1. The molecule has 5 heteroatoms. The molecule has 5 rings (SSSR count). The normalized spacial score (nSPS) is 21.5. The van der Waals surface area contributed by atoms with Crippen LogP contribution in [0.25, 0.3) is 5.57 Å². The van der Waals surface area contributed by atoms with Crippen molar-refractivity contribution in [3.8, 4) is 0 Å². The van der Waals surface area contributed by atoms with Gasteiger partial charge in [0.25, 0.3) is 0 Å². The van der Waals surface area contributed by atoms with Crippen LogP contribution in [-0.2, 0) is 10.2 Å².